The highest BCUT2D eigenvalue weighted by atomic mass is 32.2. The Morgan fingerprint density at radius 3 is 1.56 bits per heavy atom. The maximum Gasteiger partial charge on any atom is 0.211 e. The second-order valence-corrected chi connectivity index (χ2v) is 5.42. The number of sulfonamides is 1. The molecule has 1 rings (SSSR count). The predicted octanol–water partition coefficient (Wildman–Crippen LogP) is 0.772. The van der Waals surface area contributed by atoms with Crippen molar-refractivity contribution >= 4 is 16.4 Å². The molecule has 5 nitrogen and oxygen atoms in total. The lowest BCUT2D eigenvalue weighted by Gasteiger charge is -2.09. The van der Waals surface area contributed by atoms with Crippen molar-refractivity contribution < 1.29 is 13.2 Å². The van der Waals surface area contributed by atoms with Gasteiger partial charge in [-0.05, 0) is 12.8 Å². The normalized spacial score (nSPS) is 15.3. The van der Waals surface area contributed by atoms with Gasteiger partial charge in [0.2, 0.25) is 16.4 Å². The van der Waals surface area contributed by atoms with Gasteiger partial charge in [0.15, 0.2) is 0 Å². The summed E-state index contributed by atoms with van der Waals surface area (Å²) in [6, 6.07) is 0. The Labute approximate surface area is 99.5 Å². The van der Waals surface area contributed by atoms with Gasteiger partial charge in [-0.3, -0.25) is 4.79 Å². The summed E-state index contributed by atoms with van der Waals surface area (Å²) >= 11 is 0. The van der Waals surface area contributed by atoms with Gasteiger partial charge < -0.3 is 4.90 Å². The number of rotatable bonds is 2. The first kappa shape index (κ1) is 17.8. The maximum atomic E-state index is 10.8. The molecule has 16 heavy (non-hydrogen) atoms. The van der Waals surface area contributed by atoms with Gasteiger partial charge in [-0.2, -0.15) is 0 Å². The number of nitrogens with zero attached hydrogens (tertiary/aromatic N) is 2. The fourth-order valence-corrected chi connectivity index (χ4v) is 1.94. The lowest BCUT2D eigenvalue weighted by Crippen LogP contribution is -2.26. The van der Waals surface area contributed by atoms with Crippen molar-refractivity contribution in [3.05, 3.63) is 0 Å². The first-order valence-electron chi connectivity index (χ1n) is 5.44. The molecule has 0 aromatic carbocycles. The van der Waals surface area contributed by atoms with Crippen molar-refractivity contribution in [3.63, 3.8) is 0 Å². The van der Waals surface area contributed by atoms with Gasteiger partial charge in [-0.1, -0.05) is 13.8 Å². The minimum absolute atomic E-state index is 0.721. The summed E-state index contributed by atoms with van der Waals surface area (Å²) in [6.45, 7) is 5.44. The first-order valence-corrected chi connectivity index (χ1v) is 7.29. The van der Waals surface area contributed by atoms with Crippen molar-refractivity contribution in [1.29, 1.82) is 0 Å². The Morgan fingerprint density at radius 2 is 1.44 bits per heavy atom. The molecule has 1 saturated heterocycles. The van der Waals surface area contributed by atoms with Gasteiger partial charge in [-0.15, -0.1) is 0 Å². The Hall–Kier alpha value is -0.620. The SMILES string of the molecule is CC.CN(C)C=O.CS(=O)(=O)N1CCCC1. The summed E-state index contributed by atoms with van der Waals surface area (Å²) in [5.41, 5.74) is 0. The third kappa shape index (κ3) is 9.92. The molecule has 0 radical (unpaired) electrons. The average Bonchev–Trinajstić information content (AvgIpc) is 2.74. The van der Waals surface area contributed by atoms with Gasteiger partial charge in [-0.25, -0.2) is 12.7 Å². The van der Waals surface area contributed by atoms with Gasteiger partial charge in [0, 0.05) is 27.2 Å². The summed E-state index contributed by atoms with van der Waals surface area (Å²) in [5.74, 6) is 0. The van der Waals surface area contributed by atoms with E-state index < -0.39 is 10.0 Å². The molecule has 0 aromatic rings. The minimum Gasteiger partial charge on any atom is -0.351 e. The van der Waals surface area contributed by atoms with Crippen molar-refractivity contribution in [2.75, 3.05) is 33.4 Å². The lowest BCUT2D eigenvalue weighted by molar-refractivity contribution is -0.115. The van der Waals surface area contributed by atoms with Crippen LogP contribution in [0.4, 0.5) is 0 Å². The minimum atomic E-state index is -2.87. The third-order valence-electron chi connectivity index (χ3n) is 1.74. The van der Waals surface area contributed by atoms with Crippen LogP contribution in [0.3, 0.4) is 0 Å². The molecule has 1 heterocycles. The topological polar surface area (TPSA) is 57.7 Å². The quantitative estimate of drug-likeness (QED) is 0.682. The number of amides is 1. The molecule has 1 amide bonds. The molecular formula is C10H24N2O3S. The van der Waals surface area contributed by atoms with Crippen LogP contribution in [0.5, 0.6) is 0 Å². The standard InChI is InChI=1S/C5H11NO2S.C3H7NO.C2H6/c1-9(7,8)6-4-2-3-5-6;1-4(2)3-5;1-2/h2-5H2,1H3;3H,1-2H3;1-2H3. The number of carbonyl (C=O) groups excluding carboxylic acids is 1. The zero-order valence-corrected chi connectivity index (χ0v) is 11.7. The van der Waals surface area contributed by atoms with E-state index in [9.17, 15) is 13.2 Å². The van der Waals surface area contributed by atoms with Gasteiger partial charge in [0.25, 0.3) is 0 Å². The number of carbonyl (C=O) groups is 1. The van der Waals surface area contributed by atoms with Crippen LogP contribution in [0.1, 0.15) is 26.7 Å². The van der Waals surface area contributed by atoms with Crippen LogP contribution in [-0.4, -0.2) is 57.5 Å². The molecule has 1 fully saturated rings. The van der Waals surface area contributed by atoms with Gasteiger partial charge in [0.1, 0.15) is 0 Å². The van der Waals surface area contributed by atoms with Gasteiger partial charge >= 0.3 is 0 Å². The van der Waals surface area contributed by atoms with Crippen LogP contribution in [0, 0.1) is 0 Å². The molecule has 6 heteroatoms. The largest absolute Gasteiger partial charge is 0.351 e. The predicted molar refractivity (Wildman–Crippen MR) is 66.7 cm³/mol. The molecule has 1 aliphatic heterocycles. The summed E-state index contributed by atoms with van der Waals surface area (Å²) in [7, 11) is 0.506. The van der Waals surface area contributed by atoms with Crippen LogP contribution in [0.25, 0.3) is 0 Å². The molecule has 0 N–H and O–H groups in total. The molecule has 0 aromatic heterocycles. The van der Waals surface area contributed by atoms with E-state index >= 15 is 0 Å². The van der Waals surface area contributed by atoms with E-state index in [0.29, 0.717) is 0 Å². The van der Waals surface area contributed by atoms with E-state index in [0.717, 1.165) is 32.3 Å². The monoisotopic (exact) mass is 252 g/mol. The highest BCUT2D eigenvalue weighted by Gasteiger charge is 2.19. The second-order valence-electron chi connectivity index (χ2n) is 3.44. The molecule has 0 spiro atoms. The molecule has 0 bridgehead atoms. The maximum absolute atomic E-state index is 10.8. The summed E-state index contributed by atoms with van der Waals surface area (Å²) < 4.78 is 23.0. The van der Waals surface area contributed by atoms with Gasteiger partial charge in [0.05, 0.1) is 6.26 Å². The number of hydrogen-bond acceptors (Lipinski definition) is 3. The highest BCUT2D eigenvalue weighted by Crippen LogP contribution is 2.10. The van der Waals surface area contributed by atoms with E-state index in [1.54, 1.807) is 14.1 Å². The van der Waals surface area contributed by atoms with E-state index in [-0.39, 0.29) is 0 Å². The van der Waals surface area contributed by atoms with E-state index in [1.165, 1.54) is 15.5 Å². The lowest BCUT2D eigenvalue weighted by atomic mass is 10.4. The fourth-order valence-electron chi connectivity index (χ4n) is 1.02. The summed E-state index contributed by atoms with van der Waals surface area (Å²) in [5, 5.41) is 0. The van der Waals surface area contributed by atoms with Crippen LogP contribution in [-0.2, 0) is 14.8 Å². The molecule has 98 valence electrons. The van der Waals surface area contributed by atoms with Crippen LogP contribution >= 0.6 is 0 Å². The molecule has 0 saturated carbocycles. The van der Waals surface area contributed by atoms with Crippen molar-refractivity contribution in [2.45, 2.75) is 26.7 Å². The Bertz CT molecular complexity index is 257. The zero-order chi connectivity index (χ0) is 13.2. The fraction of sp³-hybridized carbons (Fsp3) is 0.900. The Morgan fingerprint density at radius 1 is 1.12 bits per heavy atom. The zero-order valence-electron chi connectivity index (χ0n) is 10.9. The van der Waals surface area contributed by atoms with E-state index in [4.69, 9.17) is 0 Å². The first-order chi connectivity index (χ1) is 7.38. The smallest absolute Gasteiger partial charge is 0.211 e. The third-order valence-corrected chi connectivity index (χ3v) is 3.05. The highest BCUT2D eigenvalue weighted by molar-refractivity contribution is 7.88. The Kier molecular flexibility index (Phi) is 10.7. The number of hydrogen-bond donors (Lipinski definition) is 0. The molecular weight excluding hydrogens is 228 g/mol. The summed E-state index contributed by atoms with van der Waals surface area (Å²) in [6.07, 6.45) is 4.05. The molecule has 0 unspecified atom stereocenters. The summed E-state index contributed by atoms with van der Waals surface area (Å²) in [4.78, 5) is 10.9. The van der Waals surface area contributed by atoms with Crippen molar-refractivity contribution in [3.8, 4) is 0 Å². The molecule has 0 atom stereocenters. The van der Waals surface area contributed by atoms with E-state index in [2.05, 4.69) is 0 Å². The molecule has 1 aliphatic rings. The van der Waals surface area contributed by atoms with Crippen molar-refractivity contribution in [2.24, 2.45) is 0 Å². The van der Waals surface area contributed by atoms with Crippen LogP contribution in [0.2, 0.25) is 0 Å². The second kappa shape index (κ2) is 9.59. The van der Waals surface area contributed by atoms with Crippen molar-refractivity contribution in [1.82, 2.24) is 9.21 Å². The van der Waals surface area contributed by atoms with Crippen LogP contribution < -0.4 is 0 Å². The average molecular weight is 252 g/mol. The van der Waals surface area contributed by atoms with Crippen LogP contribution in [0.15, 0.2) is 0 Å². The van der Waals surface area contributed by atoms with E-state index in [1.807, 2.05) is 13.8 Å². The Balaban J connectivity index is 0. The molecule has 0 aliphatic carbocycles.